The van der Waals surface area contributed by atoms with Crippen LogP contribution < -0.4 is 5.73 Å². The SMILES string of the molecule is CC(C)(C)OC(=O)C(=O)[C@@H](N)Cc1c[nH]c2ccccc12. The average Bonchev–Trinajstić information content (AvgIpc) is 2.79. The van der Waals surface area contributed by atoms with E-state index in [1.807, 2.05) is 30.5 Å². The Bertz CT molecular complexity index is 667. The van der Waals surface area contributed by atoms with Gasteiger partial charge in [0.05, 0.1) is 6.04 Å². The van der Waals surface area contributed by atoms with E-state index in [1.165, 1.54) is 0 Å². The van der Waals surface area contributed by atoms with Crippen LogP contribution in [-0.2, 0) is 20.7 Å². The molecule has 21 heavy (non-hydrogen) atoms. The van der Waals surface area contributed by atoms with Crippen molar-refractivity contribution in [3.8, 4) is 0 Å². The first-order valence-electron chi connectivity index (χ1n) is 6.86. The van der Waals surface area contributed by atoms with Crippen LogP contribution in [0, 0.1) is 0 Å². The number of esters is 1. The second-order valence-corrected chi connectivity index (χ2v) is 6.04. The van der Waals surface area contributed by atoms with Gasteiger partial charge in [-0.3, -0.25) is 4.79 Å². The fraction of sp³-hybridized carbons (Fsp3) is 0.375. The Labute approximate surface area is 123 Å². The number of ether oxygens (including phenoxy) is 1. The van der Waals surface area contributed by atoms with Crippen LogP contribution in [0.1, 0.15) is 26.3 Å². The summed E-state index contributed by atoms with van der Waals surface area (Å²) in [6, 6.07) is 6.83. The largest absolute Gasteiger partial charge is 0.454 e. The van der Waals surface area contributed by atoms with Crippen molar-refractivity contribution in [2.45, 2.75) is 38.8 Å². The first-order valence-corrected chi connectivity index (χ1v) is 6.86. The van der Waals surface area contributed by atoms with Gasteiger partial charge in [-0.1, -0.05) is 18.2 Å². The van der Waals surface area contributed by atoms with E-state index in [1.54, 1.807) is 20.8 Å². The number of carbonyl (C=O) groups excluding carboxylic acids is 2. The van der Waals surface area contributed by atoms with Gasteiger partial charge in [0.1, 0.15) is 5.60 Å². The first-order chi connectivity index (χ1) is 9.78. The number of fused-ring (bicyclic) bond motifs is 1. The van der Waals surface area contributed by atoms with Crippen molar-refractivity contribution < 1.29 is 14.3 Å². The molecule has 1 aromatic carbocycles. The fourth-order valence-electron chi connectivity index (χ4n) is 2.11. The summed E-state index contributed by atoms with van der Waals surface area (Å²) in [5, 5.41) is 1.00. The van der Waals surface area contributed by atoms with Crippen LogP contribution in [0.2, 0.25) is 0 Å². The zero-order valence-electron chi connectivity index (χ0n) is 12.5. The number of aromatic amines is 1. The van der Waals surface area contributed by atoms with Gasteiger partial charge in [0.25, 0.3) is 5.78 Å². The number of ketones is 1. The Morgan fingerprint density at radius 2 is 1.95 bits per heavy atom. The van der Waals surface area contributed by atoms with Crippen molar-refractivity contribution in [3.63, 3.8) is 0 Å². The zero-order valence-corrected chi connectivity index (χ0v) is 12.5. The predicted octanol–water partition coefficient (Wildman–Crippen LogP) is 1.95. The number of para-hydroxylation sites is 1. The van der Waals surface area contributed by atoms with Crippen LogP contribution in [-0.4, -0.2) is 28.4 Å². The van der Waals surface area contributed by atoms with Gasteiger partial charge in [0, 0.05) is 17.1 Å². The summed E-state index contributed by atoms with van der Waals surface area (Å²) < 4.78 is 5.05. The fourth-order valence-corrected chi connectivity index (χ4v) is 2.11. The van der Waals surface area contributed by atoms with E-state index in [0.717, 1.165) is 16.5 Å². The van der Waals surface area contributed by atoms with E-state index in [2.05, 4.69) is 4.98 Å². The van der Waals surface area contributed by atoms with Gasteiger partial charge in [0.15, 0.2) is 0 Å². The predicted molar refractivity (Wildman–Crippen MR) is 80.8 cm³/mol. The third-order valence-electron chi connectivity index (χ3n) is 3.05. The van der Waals surface area contributed by atoms with Gasteiger partial charge < -0.3 is 15.5 Å². The lowest BCUT2D eigenvalue weighted by Gasteiger charge is -2.20. The Hall–Kier alpha value is -2.14. The highest BCUT2D eigenvalue weighted by Gasteiger charge is 2.28. The number of H-pyrrole nitrogens is 1. The molecule has 5 nitrogen and oxygen atoms in total. The number of carbonyl (C=O) groups is 2. The molecular weight excluding hydrogens is 268 g/mol. The van der Waals surface area contributed by atoms with Crippen molar-refractivity contribution in [2.24, 2.45) is 5.73 Å². The third kappa shape index (κ3) is 3.70. The molecule has 0 bridgehead atoms. The Balaban J connectivity index is 2.09. The third-order valence-corrected chi connectivity index (χ3v) is 3.05. The van der Waals surface area contributed by atoms with Crippen LogP contribution in [0.15, 0.2) is 30.5 Å². The van der Waals surface area contributed by atoms with Crippen LogP contribution in [0.5, 0.6) is 0 Å². The molecule has 0 amide bonds. The second-order valence-electron chi connectivity index (χ2n) is 6.04. The van der Waals surface area contributed by atoms with Crippen molar-refractivity contribution in [3.05, 3.63) is 36.0 Å². The molecule has 0 unspecified atom stereocenters. The molecule has 1 aromatic heterocycles. The van der Waals surface area contributed by atoms with Crippen molar-refractivity contribution in [1.82, 2.24) is 4.98 Å². The highest BCUT2D eigenvalue weighted by Crippen LogP contribution is 2.19. The number of hydrogen-bond acceptors (Lipinski definition) is 4. The molecule has 0 aliphatic heterocycles. The number of rotatable bonds is 4. The molecule has 2 aromatic rings. The van der Waals surface area contributed by atoms with E-state index in [9.17, 15) is 9.59 Å². The summed E-state index contributed by atoms with van der Waals surface area (Å²) in [6.07, 6.45) is 2.11. The summed E-state index contributed by atoms with van der Waals surface area (Å²) >= 11 is 0. The van der Waals surface area contributed by atoms with E-state index in [4.69, 9.17) is 10.5 Å². The number of aromatic nitrogens is 1. The Morgan fingerprint density at radius 1 is 1.29 bits per heavy atom. The van der Waals surface area contributed by atoms with Gasteiger partial charge in [-0.2, -0.15) is 0 Å². The molecule has 112 valence electrons. The second kappa shape index (κ2) is 5.69. The normalized spacial score (nSPS) is 13.1. The molecule has 0 saturated heterocycles. The van der Waals surface area contributed by atoms with E-state index in [0.29, 0.717) is 6.42 Å². The molecule has 3 N–H and O–H groups in total. The first kappa shape index (κ1) is 15.3. The quantitative estimate of drug-likeness (QED) is 0.665. The Kier molecular flexibility index (Phi) is 4.14. The zero-order chi connectivity index (χ0) is 15.6. The van der Waals surface area contributed by atoms with Gasteiger partial charge in [0.2, 0.25) is 0 Å². The number of nitrogens with one attached hydrogen (secondary N) is 1. The van der Waals surface area contributed by atoms with Gasteiger partial charge in [-0.25, -0.2) is 4.79 Å². The number of benzene rings is 1. The maximum absolute atomic E-state index is 12.0. The maximum Gasteiger partial charge on any atom is 0.376 e. The molecule has 0 aliphatic rings. The number of nitrogens with two attached hydrogens (primary N) is 1. The van der Waals surface area contributed by atoms with Gasteiger partial charge in [-0.05, 0) is 38.8 Å². The molecule has 0 spiro atoms. The average molecular weight is 288 g/mol. The summed E-state index contributed by atoms with van der Waals surface area (Å²) in [7, 11) is 0. The summed E-state index contributed by atoms with van der Waals surface area (Å²) in [5.74, 6) is -1.58. The molecule has 0 aliphatic carbocycles. The minimum Gasteiger partial charge on any atom is -0.454 e. The lowest BCUT2D eigenvalue weighted by atomic mass is 10.0. The molecule has 5 heteroatoms. The van der Waals surface area contributed by atoms with E-state index < -0.39 is 23.4 Å². The molecule has 0 saturated carbocycles. The van der Waals surface area contributed by atoms with Crippen LogP contribution in [0.4, 0.5) is 0 Å². The summed E-state index contributed by atoms with van der Waals surface area (Å²) in [4.78, 5) is 26.8. The van der Waals surface area contributed by atoms with E-state index >= 15 is 0 Å². The lowest BCUT2D eigenvalue weighted by molar-refractivity contribution is -0.162. The lowest BCUT2D eigenvalue weighted by Crippen LogP contribution is -2.41. The molecule has 1 atom stereocenters. The Morgan fingerprint density at radius 3 is 2.62 bits per heavy atom. The van der Waals surface area contributed by atoms with Crippen molar-refractivity contribution in [2.75, 3.05) is 0 Å². The topological polar surface area (TPSA) is 85.2 Å². The van der Waals surface area contributed by atoms with Crippen molar-refractivity contribution in [1.29, 1.82) is 0 Å². The summed E-state index contributed by atoms with van der Waals surface area (Å²) in [6.45, 7) is 5.14. The monoisotopic (exact) mass is 288 g/mol. The number of Topliss-reactive ketones (excluding diaryl/α,β-unsaturated/α-hetero) is 1. The molecule has 2 rings (SSSR count). The maximum atomic E-state index is 12.0. The standard InChI is InChI=1S/C16H20N2O3/c1-16(2,3)21-15(20)14(19)12(17)8-10-9-18-13-7-5-4-6-11(10)13/h4-7,9,12,18H,8,17H2,1-3H3/t12-/m0/s1. The minimum atomic E-state index is -0.904. The van der Waals surface area contributed by atoms with Crippen LogP contribution >= 0.6 is 0 Å². The van der Waals surface area contributed by atoms with Gasteiger partial charge >= 0.3 is 5.97 Å². The summed E-state index contributed by atoms with van der Waals surface area (Å²) in [5.41, 5.74) is 7.04. The molecule has 0 fully saturated rings. The van der Waals surface area contributed by atoms with E-state index in [-0.39, 0.29) is 0 Å². The smallest absolute Gasteiger partial charge is 0.376 e. The highest BCUT2D eigenvalue weighted by molar-refractivity contribution is 6.35. The van der Waals surface area contributed by atoms with Crippen LogP contribution in [0.25, 0.3) is 10.9 Å². The molecule has 0 radical (unpaired) electrons. The van der Waals surface area contributed by atoms with Crippen molar-refractivity contribution >= 4 is 22.7 Å². The molecular formula is C16H20N2O3. The minimum absolute atomic E-state index is 0.294. The highest BCUT2D eigenvalue weighted by atomic mass is 16.6. The molecule has 1 heterocycles. The number of hydrogen-bond donors (Lipinski definition) is 2. The van der Waals surface area contributed by atoms with Crippen LogP contribution in [0.3, 0.4) is 0 Å². The van der Waals surface area contributed by atoms with Gasteiger partial charge in [-0.15, -0.1) is 0 Å².